The van der Waals surface area contributed by atoms with E-state index in [9.17, 15) is 4.79 Å². The molecule has 0 aromatic carbocycles. The number of carbonyl (C=O) groups excluding carboxylic acids is 1. The molecule has 0 unspecified atom stereocenters. The van der Waals surface area contributed by atoms with Crippen molar-refractivity contribution in [2.45, 2.75) is 57.2 Å². The Kier molecular flexibility index (Phi) is 4.57. The fourth-order valence-electron chi connectivity index (χ4n) is 4.12. The number of aromatic amines is 1. The molecule has 2 aromatic rings. The first kappa shape index (κ1) is 16.3. The third-order valence-electron chi connectivity index (χ3n) is 5.41. The van der Waals surface area contributed by atoms with Crippen LogP contribution in [0.5, 0.6) is 0 Å². The summed E-state index contributed by atoms with van der Waals surface area (Å²) >= 11 is 0. The van der Waals surface area contributed by atoms with Gasteiger partial charge in [-0.2, -0.15) is 5.10 Å². The van der Waals surface area contributed by atoms with Crippen molar-refractivity contribution >= 4 is 5.91 Å². The van der Waals surface area contributed by atoms with E-state index in [1.54, 1.807) is 11.0 Å². The van der Waals surface area contributed by atoms with Crippen LogP contribution in [0.2, 0.25) is 0 Å². The molecular formula is C18H26N6O. The lowest BCUT2D eigenvalue weighted by atomic mass is 9.92. The third kappa shape index (κ3) is 3.33. The molecule has 134 valence electrons. The molecule has 0 bridgehead atoms. The van der Waals surface area contributed by atoms with Crippen molar-refractivity contribution in [1.29, 1.82) is 0 Å². The van der Waals surface area contributed by atoms with Gasteiger partial charge in [-0.15, -0.1) is 0 Å². The molecule has 0 spiro atoms. The monoisotopic (exact) mass is 342 g/mol. The van der Waals surface area contributed by atoms with E-state index in [0.717, 1.165) is 42.8 Å². The van der Waals surface area contributed by atoms with Crippen LogP contribution in [0.3, 0.4) is 0 Å². The Morgan fingerprint density at radius 2 is 2.20 bits per heavy atom. The second kappa shape index (κ2) is 7.00. The van der Waals surface area contributed by atoms with E-state index < -0.39 is 0 Å². The van der Waals surface area contributed by atoms with Gasteiger partial charge in [0.25, 0.3) is 0 Å². The van der Waals surface area contributed by atoms with E-state index in [1.807, 2.05) is 19.4 Å². The van der Waals surface area contributed by atoms with Gasteiger partial charge in [0.1, 0.15) is 6.04 Å². The average Bonchev–Trinajstić information content (AvgIpc) is 3.28. The highest BCUT2D eigenvalue weighted by molar-refractivity contribution is 5.83. The molecular weight excluding hydrogens is 316 g/mol. The van der Waals surface area contributed by atoms with Gasteiger partial charge in [-0.3, -0.25) is 9.48 Å². The van der Waals surface area contributed by atoms with Crippen LogP contribution in [0.4, 0.5) is 0 Å². The Balaban J connectivity index is 1.59. The minimum Gasteiger partial charge on any atom is -0.348 e. The molecule has 2 aliphatic rings. The first-order chi connectivity index (χ1) is 12.2. The number of aromatic nitrogens is 4. The van der Waals surface area contributed by atoms with Crippen LogP contribution in [0.15, 0.2) is 18.7 Å². The van der Waals surface area contributed by atoms with Crippen LogP contribution >= 0.6 is 0 Å². The van der Waals surface area contributed by atoms with Gasteiger partial charge in [0.2, 0.25) is 5.91 Å². The highest BCUT2D eigenvalue weighted by Gasteiger charge is 2.35. The SMILES string of the molecule is Cn1cc(CN(C(=O)[C@@H]2NCCc3[nH]cnc32)C2CCCCC2)cn1. The highest BCUT2D eigenvalue weighted by atomic mass is 16.2. The van der Waals surface area contributed by atoms with Gasteiger partial charge in [-0.25, -0.2) is 4.98 Å². The molecule has 2 N–H and O–H groups in total. The maximum absolute atomic E-state index is 13.5. The van der Waals surface area contributed by atoms with Crippen LogP contribution in [-0.4, -0.2) is 43.1 Å². The summed E-state index contributed by atoms with van der Waals surface area (Å²) in [6.07, 6.45) is 12.3. The van der Waals surface area contributed by atoms with E-state index in [0.29, 0.717) is 12.6 Å². The van der Waals surface area contributed by atoms with Gasteiger partial charge < -0.3 is 15.2 Å². The number of carbonyl (C=O) groups is 1. The van der Waals surface area contributed by atoms with Crippen molar-refractivity contribution in [1.82, 2.24) is 30.0 Å². The van der Waals surface area contributed by atoms with Gasteiger partial charge >= 0.3 is 0 Å². The number of hydrogen-bond acceptors (Lipinski definition) is 4. The first-order valence-corrected chi connectivity index (χ1v) is 9.26. The minimum atomic E-state index is -0.339. The topological polar surface area (TPSA) is 78.8 Å². The number of imidazole rings is 1. The predicted octanol–water partition coefficient (Wildman–Crippen LogP) is 1.69. The molecule has 1 amide bonds. The van der Waals surface area contributed by atoms with Crippen molar-refractivity contribution in [3.63, 3.8) is 0 Å². The summed E-state index contributed by atoms with van der Waals surface area (Å²) in [7, 11) is 1.91. The van der Waals surface area contributed by atoms with E-state index in [-0.39, 0.29) is 11.9 Å². The molecule has 3 heterocycles. The number of fused-ring (bicyclic) bond motifs is 1. The van der Waals surface area contributed by atoms with E-state index in [1.165, 1.54) is 19.3 Å². The fourth-order valence-corrected chi connectivity index (χ4v) is 4.12. The Morgan fingerprint density at radius 3 is 2.96 bits per heavy atom. The largest absolute Gasteiger partial charge is 0.348 e. The maximum Gasteiger partial charge on any atom is 0.246 e. The maximum atomic E-state index is 13.5. The molecule has 25 heavy (non-hydrogen) atoms. The Morgan fingerprint density at radius 1 is 1.36 bits per heavy atom. The molecule has 7 nitrogen and oxygen atoms in total. The van der Waals surface area contributed by atoms with Crippen LogP contribution < -0.4 is 5.32 Å². The lowest BCUT2D eigenvalue weighted by molar-refractivity contribution is -0.137. The van der Waals surface area contributed by atoms with Crippen molar-refractivity contribution in [2.75, 3.05) is 6.54 Å². The predicted molar refractivity (Wildman–Crippen MR) is 93.7 cm³/mol. The van der Waals surface area contributed by atoms with Crippen molar-refractivity contribution in [3.05, 3.63) is 35.7 Å². The number of H-pyrrole nitrogens is 1. The number of hydrogen-bond donors (Lipinski definition) is 2. The average molecular weight is 342 g/mol. The fraction of sp³-hybridized carbons (Fsp3) is 0.611. The second-order valence-electron chi connectivity index (χ2n) is 7.18. The first-order valence-electron chi connectivity index (χ1n) is 9.26. The van der Waals surface area contributed by atoms with Crippen molar-refractivity contribution in [2.24, 2.45) is 7.05 Å². The molecule has 2 aromatic heterocycles. The number of nitrogens with one attached hydrogen (secondary N) is 2. The minimum absolute atomic E-state index is 0.142. The van der Waals surface area contributed by atoms with E-state index in [4.69, 9.17) is 0 Å². The quantitative estimate of drug-likeness (QED) is 0.886. The Bertz CT molecular complexity index is 730. The van der Waals surface area contributed by atoms with Crippen molar-refractivity contribution < 1.29 is 4.79 Å². The summed E-state index contributed by atoms with van der Waals surface area (Å²) in [4.78, 5) is 23.1. The van der Waals surface area contributed by atoms with E-state index in [2.05, 4.69) is 25.3 Å². The molecule has 0 saturated heterocycles. The van der Waals surface area contributed by atoms with Crippen LogP contribution in [0.25, 0.3) is 0 Å². The summed E-state index contributed by atoms with van der Waals surface area (Å²) in [6.45, 7) is 1.42. The lowest BCUT2D eigenvalue weighted by Gasteiger charge is -2.37. The van der Waals surface area contributed by atoms with Gasteiger partial charge in [0.05, 0.1) is 18.2 Å². The lowest BCUT2D eigenvalue weighted by Crippen LogP contribution is -2.48. The molecule has 1 aliphatic carbocycles. The number of amides is 1. The van der Waals surface area contributed by atoms with Crippen molar-refractivity contribution in [3.8, 4) is 0 Å². The third-order valence-corrected chi connectivity index (χ3v) is 5.41. The summed E-state index contributed by atoms with van der Waals surface area (Å²) in [5.41, 5.74) is 3.03. The van der Waals surface area contributed by atoms with Gasteiger partial charge in [0, 0.05) is 50.1 Å². The second-order valence-corrected chi connectivity index (χ2v) is 7.18. The summed E-state index contributed by atoms with van der Waals surface area (Å²) in [5.74, 6) is 0.142. The molecule has 1 fully saturated rings. The summed E-state index contributed by atoms with van der Waals surface area (Å²) in [6, 6.07) is -0.0267. The molecule has 4 rings (SSSR count). The zero-order chi connectivity index (χ0) is 17.2. The number of nitrogens with zero attached hydrogens (tertiary/aromatic N) is 4. The van der Waals surface area contributed by atoms with Gasteiger partial charge in [-0.1, -0.05) is 19.3 Å². The standard InChI is InChI=1S/C18H26N6O/c1-23-10-13(9-22-23)11-24(14-5-3-2-4-6-14)18(25)17-16-15(7-8-19-17)20-12-21-16/h9-10,12,14,17,19H,2-8,11H2,1H3,(H,20,21)/t17-/m1/s1. The zero-order valence-electron chi connectivity index (χ0n) is 14.7. The summed E-state index contributed by atoms with van der Waals surface area (Å²) < 4.78 is 1.80. The molecule has 0 radical (unpaired) electrons. The number of rotatable bonds is 4. The van der Waals surface area contributed by atoms with Crippen LogP contribution in [0.1, 0.15) is 55.1 Å². The number of aryl methyl sites for hydroxylation is 1. The molecule has 7 heteroatoms. The normalized spacial score (nSPS) is 21.1. The summed E-state index contributed by atoms with van der Waals surface area (Å²) in [5, 5.41) is 7.64. The smallest absolute Gasteiger partial charge is 0.246 e. The Hall–Kier alpha value is -2.15. The van der Waals surface area contributed by atoms with Gasteiger partial charge in [0.15, 0.2) is 0 Å². The van der Waals surface area contributed by atoms with Crippen LogP contribution in [-0.2, 0) is 24.8 Å². The Labute approximate surface area is 147 Å². The van der Waals surface area contributed by atoms with Gasteiger partial charge in [-0.05, 0) is 12.8 Å². The molecule has 1 saturated carbocycles. The molecule has 1 atom stereocenters. The van der Waals surface area contributed by atoms with Crippen LogP contribution in [0, 0.1) is 0 Å². The highest BCUT2D eigenvalue weighted by Crippen LogP contribution is 2.28. The van der Waals surface area contributed by atoms with E-state index >= 15 is 0 Å². The zero-order valence-corrected chi connectivity index (χ0v) is 14.7. The molecule has 1 aliphatic heterocycles.